The zero-order chi connectivity index (χ0) is 10.5. The van der Waals surface area contributed by atoms with Gasteiger partial charge in [0.25, 0.3) is 0 Å². The van der Waals surface area contributed by atoms with E-state index >= 15 is 0 Å². The predicted molar refractivity (Wildman–Crippen MR) is 49.5 cm³/mol. The van der Waals surface area contributed by atoms with E-state index in [2.05, 4.69) is 0 Å². The summed E-state index contributed by atoms with van der Waals surface area (Å²) in [7, 11) is 0. The molecule has 0 aliphatic carbocycles. The summed E-state index contributed by atoms with van der Waals surface area (Å²) in [4.78, 5) is 24.8. The fraction of sp³-hybridized carbons (Fsp3) is 0.800. The number of hydrogen-bond acceptors (Lipinski definition) is 3. The number of esters is 1. The van der Waals surface area contributed by atoms with Crippen molar-refractivity contribution in [1.82, 2.24) is 4.90 Å². The van der Waals surface area contributed by atoms with Gasteiger partial charge in [0, 0.05) is 11.8 Å². The second-order valence-electron chi connectivity index (χ2n) is 5.02. The van der Waals surface area contributed by atoms with Crippen LogP contribution in [0.2, 0.25) is 0 Å². The Hall–Kier alpha value is -1.06. The highest BCUT2D eigenvalue weighted by Gasteiger charge is 2.50. The number of nitrogens with zero attached hydrogens (tertiary/aromatic N) is 1. The molecule has 0 aromatic heterocycles. The molecule has 78 valence electrons. The van der Waals surface area contributed by atoms with Crippen molar-refractivity contribution in [2.75, 3.05) is 6.54 Å². The van der Waals surface area contributed by atoms with E-state index in [1.807, 2.05) is 20.8 Å². The lowest BCUT2D eigenvalue weighted by Crippen LogP contribution is -2.48. The standard InChI is InChI=1S/C10H15NO3/c1-10(2,3)9(13)11-5-6-4-7(11)8(12)14-6/h6-7H,4-5H2,1-3H3/t6-,7-/m0/s1. The molecular formula is C10H15NO3. The Morgan fingerprint density at radius 1 is 1.50 bits per heavy atom. The van der Waals surface area contributed by atoms with Crippen molar-refractivity contribution in [3.05, 3.63) is 0 Å². The first-order valence-corrected chi connectivity index (χ1v) is 4.91. The molecule has 0 aromatic rings. The Balaban J connectivity index is 2.15. The fourth-order valence-corrected chi connectivity index (χ4v) is 2.00. The predicted octanol–water partition coefficient (Wildman–Crippen LogP) is 0.559. The van der Waals surface area contributed by atoms with Gasteiger partial charge in [0.05, 0.1) is 6.54 Å². The molecule has 14 heavy (non-hydrogen) atoms. The Morgan fingerprint density at radius 3 is 2.57 bits per heavy atom. The van der Waals surface area contributed by atoms with Crippen molar-refractivity contribution >= 4 is 11.9 Å². The zero-order valence-electron chi connectivity index (χ0n) is 8.74. The third-order valence-electron chi connectivity index (χ3n) is 2.72. The summed E-state index contributed by atoms with van der Waals surface area (Å²) < 4.78 is 5.02. The highest BCUT2D eigenvalue weighted by atomic mass is 16.6. The van der Waals surface area contributed by atoms with Gasteiger partial charge in [-0.05, 0) is 0 Å². The van der Waals surface area contributed by atoms with Gasteiger partial charge in [-0.1, -0.05) is 20.8 Å². The van der Waals surface area contributed by atoms with Crippen molar-refractivity contribution in [3.8, 4) is 0 Å². The van der Waals surface area contributed by atoms with Gasteiger partial charge in [-0.15, -0.1) is 0 Å². The van der Waals surface area contributed by atoms with Crippen molar-refractivity contribution in [3.63, 3.8) is 0 Å². The molecule has 0 spiro atoms. The molecule has 4 nitrogen and oxygen atoms in total. The van der Waals surface area contributed by atoms with Crippen LogP contribution in [-0.2, 0) is 14.3 Å². The van der Waals surface area contributed by atoms with Crippen molar-refractivity contribution in [2.24, 2.45) is 5.41 Å². The molecule has 0 radical (unpaired) electrons. The molecule has 0 unspecified atom stereocenters. The number of carbonyl (C=O) groups excluding carboxylic acids is 2. The molecule has 0 N–H and O–H groups in total. The average Bonchev–Trinajstić information content (AvgIpc) is 2.58. The summed E-state index contributed by atoms with van der Waals surface area (Å²) in [6.07, 6.45) is 0.625. The first-order valence-electron chi connectivity index (χ1n) is 4.91. The van der Waals surface area contributed by atoms with Gasteiger partial charge < -0.3 is 9.64 Å². The van der Waals surface area contributed by atoms with Crippen LogP contribution in [0.1, 0.15) is 27.2 Å². The maximum Gasteiger partial charge on any atom is 0.329 e. The van der Waals surface area contributed by atoms with Crippen LogP contribution in [0, 0.1) is 5.41 Å². The van der Waals surface area contributed by atoms with Crippen LogP contribution in [0.5, 0.6) is 0 Å². The van der Waals surface area contributed by atoms with E-state index in [-0.39, 0.29) is 24.0 Å². The number of hydrogen-bond donors (Lipinski definition) is 0. The van der Waals surface area contributed by atoms with Crippen LogP contribution in [0.3, 0.4) is 0 Å². The Morgan fingerprint density at radius 2 is 2.14 bits per heavy atom. The molecule has 0 aromatic carbocycles. The maximum absolute atomic E-state index is 11.9. The number of carbonyl (C=O) groups is 2. The van der Waals surface area contributed by atoms with Crippen molar-refractivity contribution < 1.29 is 14.3 Å². The normalized spacial score (nSPS) is 30.8. The van der Waals surface area contributed by atoms with Gasteiger partial charge in [-0.2, -0.15) is 0 Å². The molecule has 0 saturated carbocycles. The third-order valence-corrected chi connectivity index (χ3v) is 2.72. The van der Waals surface area contributed by atoms with E-state index in [0.29, 0.717) is 13.0 Å². The Bertz CT molecular complexity index is 292. The van der Waals surface area contributed by atoms with Crippen molar-refractivity contribution in [1.29, 1.82) is 0 Å². The monoisotopic (exact) mass is 197 g/mol. The maximum atomic E-state index is 11.9. The lowest BCUT2D eigenvalue weighted by atomic mass is 9.94. The molecule has 2 bridgehead atoms. The quantitative estimate of drug-likeness (QED) is 0.533. The van der Waals surface area contributed by atoms with Crippen LogP contribution in [0.25, 0.3) is 0 Å². The minimum atomic E-state index is -0.412. The molecule has 1 amide bonds. The van der Waals surface area contributed by atoms with Crippen LogP contribution in [0.15, 0.2) is 0 Å². The molecule has 2 atom stereocenters. The highest BCUT2D eigenvalue weighted by Crippen LogP contribution is 2.32. The van der Waals surface area contributed by atoms with Gasteiger partial charge in [0.2, 0.25) is 5.91 Å². The molecule has 2 rings (SSSR count). The van der Waals surface area contributed by atoms with E-state index in [9.17, 15) is 9.59 Å². The summed E-state index contributed by atoms with van der Waals surface area (Å²) in [5, 5.41) is 0. The van der Waals surface area contributed by atoms with Gasteiger partial charge in [0.15, 0.2) is 0 Å². The molecular weight excluding hydrogens is 182 g/mol. The van der Waals surface area contributed by atoms with E-state index in [0.717, 1.165) is 0 Å². The largest absolute Gasteiger partial charge is 0.459 e. The molecule has 2 saturated heterocycles. The van der Waals surface area contributed by atoms with E-state index in [4.69, 9.17) is 4.74 Å². The summed E-state index contributed by atoms with van der Waals surface area (Å²) in [6.45, 7) is 6.18. The minimum absolute atomic E-state index is 0.0432. The Kier molecular flexibility index (Phi) is 1.84. The number of rotatable bonds is 0. The summed E-state index contributed by atoms with van der Waals surface area (Å²) >= 11 is 0. The van der Waals surface area contributed by atoms with Gasteiger partial charge in [-0.25, -0.2) is 4.79 Å². The first-order chi connectivity index (χ1) is 6.39. The SMILES string of the molecule is CC(C)(C)C(=O)N1C[C@@H]2C[C@H]1C(=O)O2. The summed E-state index contributed by atoms with van der Waals surface area (Å²) in [5.74, 6) is -0.194. The van der Waals surface area contributed by atoms with Gasteiger partial charge in [-0.3, -0.25) is 4.79 Å². The molecule has 2 heterocycles. The smallest absolute Gasteiger partial charge is 0.329 e. The summed E-state index contributed by atoms with van der Waals surface area (Å²) in [5.41, 5.74) is -0.412. The molecule has 2 fully saturated rings. The highest BCUT2D eigenvalue weighted by molar-refractivity contribution is 5.89. The fourth-order valence-electron chi connectivity index (χ4n) is 2.00. The lowest BCUT2D eigenvalue weighted by molar-refractivity contribution is -0.160. The molecule has 4 heteroatoms. The second-order valence-corrected chi connectivity index (χ2v) is 5.02. The van der Waals surface area contributed by atoms with E-state index in [1.54, 1.807) is 4.90 Å². The number of likely N-dealkylation sites (tertiary alicyclic amines) is 1. The van der Waals surface area contributed by atoms with E-state index < -0.39 is 5.41 Å². The third kappa shape index (κ3) is 1.29. The number of ether oxygens (including phenoxy) is 1. The number of amides is 1. The zero-order valence-corrected chi connectivity index (χ0v) is 8.74. The number of fused-ring (bicyclic) bond motifs is 2. The average molecular weight is 197 g/mol. The molecule has 2 aliphatic heterocycles. The second kappa shape index (κ2) is 2.72. The van der Waals surface area contributed by atoms with Crippen LogP contribution < -0.4 is 0 Å². The van der Waals surface area contributed by atoms with E-state index in [1.165, 1.54) is 0 Å². The van der Waals surface area contributed by atoms with Crippen LogP contribution in [0.4, 0.5) is 0 Å². The lowest BCUT2D eigenvalue weighted by Gasteiger charge is -2.31. The minimum Gasteiger partial charge on any atom is -0.459 e. The summed E-state index contributed by atoms with van der Waals surface area (Å²) in [6, 6.07) is -0.313. The van der Waals surface area contributed by atoms with Gasteiger partial charge in [0.1, 0.15) is 12.1 Å². The van der Waals surface area contributed by atoms with Gasteiger partial charge >= 0.3 is 5.97 Å². The van der Waals surface area contributed by atoms with Crippen molar-refractivity contribution in [2.45, 2.75) is 39.3 Å². The van der Waals surface area contributed by atoms with Crippen LogP contribution >= 0.6 is 0 Å². The first kappa shape index (κ1) is 9.49. The van der Waals surface area contributed by atoms with Crippen LogP contribution in [-0.4, -0.2) is 35.5 Å². The Labute approximate surface area is 83.2 Å². The number of morpholine rings is 1. The topological polar surface area (TPSA) is 46.6 Å². The molecule has 2 aliphatic rings.